The molecular formula is C13H17NO4S. The number of carboxylic acids is 1. The van der Waals surface area contributed by atoms with Crippen LogP contribution in [-0.4, -0.2) is 33.9 Å². The lowest BCUT2D eigenvalue weighted by Gasteiger charge is -2.12. The molecule has 5 nitrogen and oxygen atoms in total. The minimum absolute atomic E-state index is 0.0110. The summed E-state index contributed by atoms with van der Waals surface area (Å²) in [4.78, 5) is 21.8. The maximum Gasteiger partial charge on any atom is 0.327 e. The molecule has 1 rings (SSSR count). The number of aliphatic hydroxyl groups is 1. The van der Waals surface area contributed by atoms with E-state index in [2.05, 4.69) is 5.32 Å². The maximum atomic E-state index is 10.9. The highest BCUT2D eigenvalue weighted by molar-refractivity contribution is 7.98. The Morgan fingerprint density at radius 1 is 1.26 bits per heavy atom. The summed E-state index contributed by atoms with van der Waals surface area (Å²) in [6.07, 6.45) is 0. The van der Waals surface area contributed by atoms with Crippen molar-refractivity contribution in [3.8, 4) is 0 Å². The van der Waals surface area contributed by atoms with Gasteiger partial charge in [-0.3, -0.25) is 4.79 Å². The highest BCUT2D eigenvalue weighted by Crippen LogP contribution is 2.14. The molecule has 1 atom stereocenters. The Morgan fingerprint density at radius 2 is 1.84 bits per heavy atom. The minimum atomic E-state index is -1.03. The van der Waals surface area contributed by atoms with Crippen molar-refractivity contribution in [2.24, 2.45) is 0 Å². The topological polar surface area (TPSA) is 86.6 Å². The number of hydrogen-bond acceptors (Lipinski definition) is 4. The van der Waals surface area contributed by atoms with E-state index in [9.17, 15) is 9.59 Å². The number of rotatable bonds is 7. The second-order valence-electron chi connectivity index (χ2n) is 4.08. The minimum Gasteiger partial charge on any atom is -0.480 e. The molecule has 0 aromatic heterocycles. The number of hydrogen-bond donors (Lipinski definition) is 3. The van der Waals surface area contributed by atoms with Crippen molar-refractivity contribution in [3.63, 3.8) is 0 Å². The van der Waals surface area contributed by atoms with Gasteiger partial charge in [-0.2, -0.15) is 11.8 Å². The van der Waals surface area contributed by atoms with Crippen molar-refractivity contribution in [2.75, 3.05) is 5.75 Å². The largest absolute Gasteiger partial charge is 0.480 e. The smallest absolute Gasteiger partial charge is 0.327 e. The van der Waals surface area contributed by atoms with Gasteiger partial charge in [0, 0.05) is 18.4 Å². The normalized spacial score (nSPS) is 11.9. The van der Waals surface area contributed by atoms with Crippen LogP contribution in [0.5, 0.6) is 0 Å². The van der Waals surface area contributed by atoms with Gasteiger partial charge in [-0.15, -0.1) is 0 Å². The Kier molecular flexibility index (Phi) is 6.38. The molecule has 0 saturated carbocycles. The number of carbonyl (C=O) groups is 2. The Labute approximate surface area is 116 Å². The first-order valence-corrected chi connectivity index (χ1v) is 6.94. The van der Waals surface area contributed by atoms with E-state index in [1.807, 2.05) is 24.3 Å². The fourth-order valence-corrected chi connectivity index (χ4v) is 2.46. The molecule has 19 heavy (non-hydrogen) atoms. The molecule has 0 radical (unpaired) electrons. The van der Waals surface area contributed by atoms with Crippen molar-refractivity contribution in [3.05, 3.63) is 35.4 Å². The first kappa shape index (κ1) is 15.5. The van der Waals surface area contributed by atoms with Crippen LogP contribution in [0.15, 0.2) is 24.3 Å². The van der Waals surface area contributed by atoms with Crippen LogP contribution in [0.25, 0.3) is 0 Å². The van der Waals surface area contributed by atoms with Crippen molar-refractivity contribution in [2.45, 2.75) is 25.3 Å². The SMILES string of the molecule is CC(=O)NC(CSCc1ccc(CO)cc1)C(=O)O. The van der Waals surface area contributed by atoms with Crippen LogP contribution in [0.3, 0.4) is 0 Å². The van der Waals surface area contributed by atoms with E-state index in [1.54, 1.807) is 0 Å². The molecule has 3 N–H and O–H groups in total. The lowest BCUT2D eigenvalue weighted by atomic mass is 10.2. The standard InChI is InChI=1S/C13H17NO4S/c1-9(16)14-12(13(17)18)8-19-7-11-4-2-10(6-15)3-5-11/h2-5,12,15H,6-8H2,1H3,(H,14,16)(H,17,18). The zero-order chi connectivity index (χ0) is 14.3. The molecule has 1 unspecified atom stereocenters. The molecule has 0 bridgehead atoms. The third kappa shape index (κ3) is 5.76. The number of aliphatic hydroxyl groups excluding tert-OH is 1. The van der Waals surface area contributed by atoms with Gasteiger partial charge in [0.15, 0.2) is 0 Å². The van der Waals surface area contributed by atoms with E-state index < -0.39 is 12.0 Å². The summed E-state index contributed by atoms with van der Waals surface area (Å²) in [6.45, 7) is 1.31. The van der Waals surface area contributed by atoms with E-state index in [-0.39, 0.29) is 12.5 Å². The highest BCUT2D eigenvalue weighted by Gasteiger charge is 2.17. The Hall–Kier alpha value is -1.53. The summed E-state index contributed by atoms with van der Waals surface area (Å²) in [7, 11) is 0. The Balaban J connectivity index is 2.42. The fourth-order valence-electron chi connectivity index (χ4n) is 1.46. The zero-order valence-electron chi connectivity index (χ0n) is 10.6. The molecule has 1 aromatic carbocycles. The Bertz CT molecular complexity index is 433. The summed E-state index contributed by atoms with van der Waals surface area (Å²) in [5.41, 5.74) is 1.89. The first-order valence-electron chi connectivity index (χ1n) is 5.79. The molecule has 1 aromatic rings. The van der Waals surface area contributed by atoms with Crippen molar-refractivity contribution in [1.82, 2.24) is 5.32 Å². The molecule has 1 amide bonds. The van der Waals surface area contributed by atoms with Crippen LogP contribution in [0.2, 0.25) is 0 Å². The summed E-state index contributed by atoms with van der Waals surface area (Å²) < 4.78 is 0. The van der Waals surface area contributed by atoms with Crippen LogP contribution >= 0.6 is 11.8 Å². The van der Waals surface area contributed by atoms with Gasteiger partial charge in [-0.25, -0.2) is 4.79 Å². The number of carboxylic acid groups (broad SMARTS) is 1. The van der Waals surface area contributed by atoms with Gasteiger partial charge in [-0.05, 0) is 11.1 Å². The van der Waals surface area contributed by atoms with Crippen LogP contribution in [0.1, 0.15) is 18.1 Å². The monoisotopic (exact) mass is 283 g/mol. The zero-order valence-corrected chi connectivity index (χ0v) is 11.4. The number of nitrogens with one attached hydrogen (secondary N) is 1. The maximum absolute atomic E-state index is 10.9. The quantitative estimate of drug-likeness (QED) is 0.695. The molecule has 0 aliphatic rings. The fraction of sp³-hybridized carbons (Fsp3) is 0.385. The van der Waals surface area contributed by atoms with E-state index in [0.29, 0.717) is 11.5 Å². The number of carbonyl (C=O) groups excluding carboxylic acids is 1. The van der Waals surface area contributed by atoms with Crippen LogP contribution in [-0.2, 0) is 21.9 Å². The van der Waals surface area contributed by atoms with E-state index in [1.165, 1.54) is 18.7 Å². The van der Waals surface area contributed by atoms with Gasteiger partial charge >= 0.3 is 5.97 Å². The molecule has 0 spiro atoms. The molecular weight excluding hydrogens is 266 g/mol. The van der Waals surface area contributed by atoms with Crippen LogP contribution in [0.4, 0.5) is 0 Å². The van der Waals surface area contributed by atoms with Gasteiger partial charge in [0.1, 0.15) is 6.04 Å². The van der Waals surface area contributed by atoms with Gasteiger partial charge < -0.3 is 15.5 Å². The molecule has 6 heteroatoms. The average Bonchev–Trinajstić information content (AvgIpc) is 2.37. The van der Waals surface area contributed by atoms with E-state index in [4.69, 9.17) is 10.2 Å². The number of benzene rings is 1. The second-order valence-corrected chi connectivity index (χ2v) is 5.11. The third-order valence-corrected chi connectivity index (χ3v) is 3.54. The van der Waals surface area contributed by atoms with Gasteiger partial charge in [0.25, 0.3) is 0 Å². The number of aliphatic carboxylic acids is 1. The molecule has 0 heterocycles. The van der Waals surface area contributed by atoms with Gasteiger partial charge in [0.05, 0.1) is 6.61 Å². The van der Waals surface area contributed by atoms with Crippen molar-refractivity contribution >= 4 is 23.6 Å². The van der Waals surface area contributed by atoms with E-state index >= 15 is 0 Å². The van der Waals surface area contributed by atoms with Crippen LogP contribution in [0, 0.1) is 0 Å². The summed E-state index contributed by atoms with van der Waals surface area (Å²) >= 11 is 1.44. The van der Waals surface area contributed by atoms with Crippen molar-refractivity contribution < 1.29 is 19.8 Å². The average molecular weight is 283 g/mol. The molecule has 104 valence electrons. The molecule has 0 fully saturated rings. The number of thioether (sulfide) groups is 1. The van der Waals surface area contributed by atoms with Gasteiger partial charge in [0.2, 0.25) is 5.91 Å². The first-order chi connectivity index (χ1) is 9.02. The number of amides is 1. The highest BCUT2D eigenvalue weighted by atomic mass is 32.2. The predicted octanol–water partition coefficient (Wildman–Crippen LogP) is 1.00. The second kappa shape index (κ2) is 7.81. The van der Waals surface area contributed by atoms with Crippen molar-refractivity contribution in [1.29, 1.82) is 0 Å². The summed E-state index contributed by atoms with van der Waals surface area (Å²) in [6, 6.07) is 6.59. The predicted molar refractivity (Wildman–Crippen MR) is 73.8 cm³/mol. The Morgan fingerprint density at radius 3 is 2.32 bits per heavy atom. The third-order valence-electron chi connectivity index (χ3n) is 2.43. The molecule has 0 aliphatic carbocycles. The molecule has 0 saturated heterocycles. The summed E-state index contributed by atoms with van der Waals surface area (Å²) in [5, 5.41) is 20.2. The van der Waals surface area contributed by atoms with E-state index in [0.717, 1.165) is 11.1 Å². The lowest BCUT2D eigenvalue weighted by Crippen LogP contribution is -2.41. The van der Waals surface area contributed by atoms with Gasteiger partial charge in [-0.1, -0.05) is 24.3 Å². The molecule has 0 aliphatic heterocycles. The van der Waals surface area contributed by atoms with Crippen LogP contribution < -0.4 is 5.32 Å². The summed E-state index contributed by atoms with van der Waals surface area (Å²) in [5.74, 6) is -0.398. The lowest BCUT2D eigenvalue weighted by molar-refractivity contribution is -0.140.